The summed E-state index contributed by atoms with van der Waals surface area (Å²) in [7, 11) is 7.96. The Morgan fingerprint density at radius 1 is 0.857 bits per heavy atom. The van der Waals surface area contributed by atoms with Crippen LogP contribution in [0, 0.1) is 0 Å². The Kier molecular flexibility index (Phi) is 6.84. The Balaban J connectivity index is 2.10. The number of pyridine rings is 1. The van der Waals surface area contributed by atoms with E-state index in [2.05, 4.69) is 10.9 Å². The molecule has 3 aromatic rings. The van der Waals surface area contributed by atoms with Gasteiger partial charge in [0.2, 0.25) is 0 Å². The van der Waals surface area contributed by atoms with Gasteiger partial charge in [-0.15, -0.1) is 0 Å². The molecule has 1 aromatic heterocycles. The van der Waals surface area contributed by atoms with Crippen LogP contribution in [0.1, 0.15) is 41.0 Å². The van der Waals surface area contributed by atoms with E-state index in [4.69, 9.17) is 14.5 Å². The lowest BCUT2D eigenvalue weighted by Crippen LogP contribution is -2.58. The van der Waals surface area contributed by atoms with Crippen molar-refractivity contribution >= 4 is 17.3 Å². The molecule has 0 spiro atoms. The summed E-state index contributed by atoms with van der Waals surface area (Å²) in [5.74, 6) is 1.14. The topological polar surface area (TPSA) is 79.0 Å². The molecule has 0 saturated heterocycles. The van der Waals surface area contributed by atoms with Gasteiger partial charge >= 0.3 is 0 Å². The smallest absolute Gasteiger partial charge is 0.267 e. The first-order valence-electron chi connectivity index (χ1n) is 11.8. The van der Waals surface area contributed by atoms with E-state index in [9.17, 15) is 4.79 Å². The number of aromatic nitrogens is 1. The number of hydrogen-bond acceptors (Lipinski definition) is 7. The van der Waals surface area contributed by atoms with Crippen molar-refractivity contribution in [2.24, 2.45) is 0 Å². The number of fused-ring (bicyclic) bond motifs is 1. The van der Waals surface area contributed by atoms with Crippen molar-refractivity contribution in [3.63, 3.8) is 0 Å². The van der Waals surface area contributed by atoms with Crippen molar-refractivity contribution < 1.29 is 14.3 Å². The minimum atomic E-state index is -1.06. The van der Waals surface area contributed by atoms with Crippen LogP contribution in [0.3, 0.4) is 0 Å². The fraction of sp³-hybridized carbons (Fsp3) is 0.333. The summed E-state index contributed by atoms with van der Waals surface area (Å²) in [4.78, 5) is 21.6. The first kappa shape index (κ1) is 24.3. The molecule has 1 aliphatic rings. The van der Waals surface area contributed by atoms with E-state index in [-0.39, 0.29) is 5.91 Å². The van der Waals surface area contributed by atoms with Gasteiger partial charge in [0, 0.05) is 69.0 Å². The quantitative estimate of drug-likeness (QED) is 0.516. The Bertz CT molecular complexity index is 1160. The summed E-state index contributed by atoms with van der Waals surface area (Å²) in [6, 6.07) is 15.7. The zero-order valence-electron chi connectivity index (χ0n) is 21.2. The number of nitrogens with one attached hydrogen (secondary N) is 2. The molecule has 35 heavy (non-hydrogen) atoms. The van der Waals surface area contributed by atoms with Crippen LogP contribution in [0.25, 0.3) is 0 Å². The van der Waals surface area contributed by atoms with Gasteiger partial charge in [0.15, 0.2) is 0 Å². The zero-order valence-corrected chi connectivity index (χ0v) is 21.2. The van der Waals surface area contributed by atoms with E-state index in [0.717, 1.165) is 22.5 Å². The van der Waals surface area contributed by atoms with Crippen molar-refractivity contribution in [3.05, 3.63) is 77.1 Å². The SMILES string of the molecule is CCOc1cc(N(C)C)ccc1C1(c2ccc(N(C)C)cc2OCC)NNC(=O)c2cccnc21. The van der Waals surface area contributed by atoms with Crippen LogP contribution in [-0.4, -0.2) is 52.3 Å². The minimum absolute atomic E-state index is 0.241. The van der Waals surface area contributed by atoms with Gasteiger partial charge in [-0.1, -0.05) is 12.1 Å². The van der Waals surface area contributed by atoms with E-state index in [1.807, 2.05) is 88.2 Å². The van der Waals surface area contributed by atoms with E-state index >= 15 is 0 Å². The molecule has 184 valence electrons. The summed E-state index contributed by atoms with van der Waals surface area (Å²) < 4.78 is 12.4. The monoisotopic (exact) mass is 475 g/mol. The molecule has 8 nitrogen and oxygen atoms in total. The van der Waals surface area contributed by atoms with Gasteiger partial charge in [-0.25, -0.2) is 5.43 Å². The Morgan fingerprint density at radius 2 is 1.40 bits per heavy atom. The van der Waals surface area contributed by atoms with Gasteiger partial charge in [-0.05, 0) is 38.1 Å². The van der Waals surface area contributed by atoms with Crippen LogP contribution in [0.2, 0.25) is 0 Å². The minimum Gasteiger partial charge on any atom is -0.493 e. The molecule has 0 aliphatic carbocycles. The maximum Gasteiger partial charge on any atom is 0.267 e. The molecular formula is C27H33N5O3. The van der Waals surface area contributed by atoms with Crippen molar-refractivity contribution in [2.45, 2.75) is 19.4 Å². The number of rotatable bonds is 8. The second kappa shape index (κ2) is 9.84. The van der Waals surface area contributed by atoms with Gasteiger partial charge in [-0.3, -0.25) is 15.2 Å². The second-order valence-corrected chi connectivity index (χ2v) is 8.74. The number of ether oxygens (including phenoxy) is 2. The number of nitrogens with zero attached hydrogens (tertiary/aromatic N) is 3. The molecule has 0 bridgehead atoms. The highest BCUT2D eigenvalue weighted by Crippen LogP contribution is 2.47. The second-order valence-electron chi connectivity index (χ2n) is 8.74. The molecular weight excluding hydrogens is 442 g/mol. The highest BCUT2D eigenvalue weighted by atomic mass is 16.5. The number of anilines is 2. The van der Waals surface area contributed by atoms with Gasteiger partial charge in [-0.2, -0.15) is 0 Å². The molecule has 2 aromatic carbocycles. The number of carbonyl (C=O) groups is 1. The standard InChI is InChI=1S/C27H33N5O3/c1-7-34-23-16-18(31(3)4)11-13-21(23)27(25-20(10-9-15-28-25)26(33)29-30-27)22-14-12-19(32(5)6)17-24(22)35-8-2/h9-17,30H,7-8H2,1-6H3,(H,29,33). The largest absolute Gasteiger partial charge is 0.493 e. The molecule has 0 saturated carbocycles. The van der Waals surface area contributed by atoms with Crippen LogP contribution in [-0.2, 0) is 5.54 Å². The summed E-state index contributed by atoms with van der Waals surface area (Å²) in [5.41, 5.74) is 9.86. The van der Waals surface area contributed by atoms with Gasteiger partial charge in [0.1, 0.15) is 17.0 Å². The predicted molar refractivity (Wildman–Crippen MR) is 139 cm³/mol. The highest BCUT2D eigenvalue weighted by Gasteiger charge is 2.47. The van der Waals surface area contributed by atoms with Crippen molar-refractivity contribution in [1.82, 2.24) is 15.8 Å². The average molecular weight is 476 g/mol. The Hall–Kier alpha value is -3.78. The maximum absolute atomic E-state index is 12.9. The number of hydrazine groups is 1. The van der Waals surface area contributed by atoms with Crippen molar-refractivity contribution in [2.75, 3.05) is 51.2 Å². The van der Waals surface area contributed by atoms with Gasteiger partial charge in [0.05, 0.1) is 24.5 Å². The van der Waals surface area contributed by atoms with Crippen LogP contribution >= 0.6 is 0 Å². The van der Waals surface area contributed by atoms with Crippen LogP contribution in [0.5, 0.6) is 11.5 Å². The number of carbonyl (C=O) groups excluding carboxylic acids is 1. The molecule has 2 N–H and O–H groups in total. The van der Waals surface area contributed by atoms with E-state index < -0.39 is 5.54 Å². The van der Waals surface area contributed by atoms with Crippen LogP contribution in [0.15, 0.2) is 54.7 Å². The van der Waals surface area contributed by atoms with Gasteiger partial charge < -0.3 is 19.3 Å². The first-order valence-corrected chi connectivity index (χ1v) is 11.8. The van der Waals surface area contributed by atoms with Crippen LogP contribution in [0.4, 0.5) is 11.4 Å². The normalized spacial score (nSPS) is 14.1. The lowest BCUT2D eigenvalue weighted by atomic mass is 9.76. The summed E-state index contributed by atoms with van der Waals surface area (Å²) in [5, 5.41) is 0. The number of hydrogen-bond donors (Lipinski definition) is 2. The Morgan fingerprint density at radius 3 is 1.89 bits per heavy atom. The lowest BCUT2D eigenvalue weighted by Gasteiger charge is -2.41. The van der Waals surface area contributed by atoms with Crippen molar-refractivity contribution in [1.29, 1.82) is 0 Å². The summed E-state index contributed by atoms with van der Waals surface area (Å²) in [6.07, 6.45) is 1.71. The maximum atomic E-state index is 12.9. The summed E-state index contributed by atoms with van der Waals surface area (Å²) in [6.45, 7) is 4.88. The summed E-state index contributed by atoms with van der Waals surface area (Å²) >= 11 is 0. The number of amides is 1. The molecule has 8 heteroatoms. The number of benzene rings is 2. The van der Waals surface area contributed by atoms with Crippen LogP contribution < -0.4 is 30.1 Å². The molecule has 1 aliphatic heterocycles. The molecule has 0 fully saturated rings. The van der Waals surface area contributed by atoms with Gasteiger partial charge in [0.25, 0.3) is 5.91 Å². The predicted octanol–water partition coefficient (Wildman–Crippen LogP) is 3.55. The molecule has 1 amide bonds. The fourth-order valence-electron chi connectivity index (χ4n) is 4.45. The molecule has 0 radical (unpaired) electrons. The fourth-order valence-corrected chi connectivity index (χ4v) is 4.45. The molecule has 4 rings (SSSR count). The third-order valence-electron chi connectivity index (χ3n) is 6.14. The lowest BCUT2D eigenvalue weighted by molar-refractivity contribution is 0.0892. The van der Waals surface area contributed by atoms with E-state index in [1.165, 1.54) is 0 Å². The molecule has 0 unspecified atom stereocenters. The van der Waals surface area contributed by atoms with E-state index in [0.29, 0.717) is 36.0 Å². The molecule has 2 heterocycles. The third kappa shape index (κ3) is 4.25. The Labute approximate surface area is 206 Å². The third-order valence-corrected chi connectivity index (χ3v) is 6.14. The zero-order chi connectivity index (χ0) is 25.2. The molecule has 0 atom stereocenters. The van der Waals surface area contributed by atoms with Crippen molar-refractivity contribution in [3.8, 4) is 11.5 Å². The average Bonchev–Trinajstić information content (AvgIpc) is 2.85. The first-order chi connectivity index (χ1) is 16.8. The van der Waals surface area contributed by atoms with E-state index in [1.54, 1.807) is 18.3 Å². The highest BCUT2D eigenvalue weighted by molar-refractivity contribution is 5.97.